The topological polar surface area (TPSA) is 78.5 Å². The molecular weight excluding hydrogens is 294 g/mol. The number of nitrogens with one attached hydrogen (secondary N) is 1. The first-order valence-electron chi connectivity index (χ1n) is 7.43. The van der Waals surface area contributed by atoms with Gasteiger partial charge in [0.1, 0.15) is 5.60 Å². The van der Waals surface area contributed by atoms with Gasteiger partial charge in [-0.15, -0.1) is 0 Å². The number of carbonyl (C=O) groups is 2. The normalized spacial score (nSPS) is 12.7. The van der Waals surface area contributed by atoms with E-state index in [4.69, 9.17) is 4.74 Å². The van der Waals surface area contributed by atoms with Crippen LogP contribution >= 0.6 is 0 Å². The Morgan fingerprint density at radius 3 is 2.39 bits per heavy atom. The summed E-state index contributed by atoms with van der Waals surface area (Å²) in [5.41, 5.74) is 0.109. The highest BCUT2D eigenvalue weighted by molar-refractivity contribution is 5.83. The fraction of sp³-hybridized carbons (Fsp3) is 0.333. The lowest BCUT2D eigenvalue weighted by atomic mass is 10.0. The summed E-state index contributed by atoms with van der Waals surface area (Å²) < 4.78 is 5.09. The van der Waals surface area contributed by atoms with E-state index in [1.54, 1.807) is 20.8 Å². The Kier molecular flexibility index (Phi) is 4.89. The van der Waals surface area contributed by atoms with Crippen LogP contribution in [0.5, 0.6) is 0 Å². The molecule has 0 unspecified atom stereocenters. The van der Waals surface area contributed by atoms with Crippen molar-refractivity contribution in [1.82, 2.24) is 5.32 Å². The quantitative estimate of drug-likeness (QED) is 0.936. The van der Waals surface area contributed by atoms with Crippen molar-refractivity contribution in [3.63, 3.8) is 0 Å². The highest BCUT2D eigenvalue weighted by Gasteiger charge is 2.20. The summed E-state index contributed by atoms with van der Waals surface area (Å²) in [4.78, 5) is 23.0. The summed E-state index contributed by atoms with van der Waals surface area (Å²) >= 11 is 0. The maximum atomic E-state index is 11.8. The number of carboxylic acid groups (broad SMARTS) is 1. The zero-order valence-electron chi connectivity index (χ0n) is 13.5. The number of amides is 1. The van der Waals surface area contributed by atoms with E-state index in [2.05, 4.69) is 5.32 Å². The van der Waals surface area contributed by atoms with Crippen LogP contribution in [0.2, 0.25) is 0 Å². The van der Waals surface area contributed by atoms with E-state index in [0.29, 0.717) is 0 Å². The van der Waals surface area contributed by atoms with E-state index in [0.717, 1.165) is 16.3 Å². The van der Waals surface area contributed by atoms with Crippen LogP contribution in [0.3, 0.4) is 0 Å². The second kappa shape index (κ2) is 6.69. The Bertz CT molecular complexity index is 718. The number of hydrogen-bond acceptors (Lipinski definition) is 4. The zero-order valence-corrected chi connectivity index (χ0v) is 13.5. The molecule has 0 aliphatic carbocycles. The van der Waals surface area contributed by atoms with Crippen molar-refractivity contribution < 1.29 is 19.4 Å². The van der Waals surface area contributed by atoms with Crippen molar-refractivity contribution in [3.8, 4) is 0 Å². The summed E-state index contributed by atoms with van der Waals surface area (Å²) in [5, 5.41) is 15.7. The maximum Gasteiger partial charge on any atom is 0.408 e. The lowest BCUT2D eigenvalue weighted by molar-refractivity contribution is -0.308. The second-order valence-electron chi connectivity index (χ2n) is 6.40. The van der Waals surface area contributed by atoms with Crippen LogP contribution < -0.4 is 10.4 Å². The van der Waals surface area contributed by atoms with Crippen LogP contribution in [0.1, 0.15) is 26.3 Å². The summed E-state index contributed by atoms with van der Waals surface area (Å²) in [6.45, 7) is 5.14. The minimum Gasteiger partial charge on any atom is -0.548 e. The molecule has 0 spiro atoms. The minimum absolute atomic E-state index is 0.131. The number of alkyl carbamates (subject to hydrolysis) is 1. The first-order valence-corrected chi connectivity index (χ1v) is 7.43. The molecule has 5 nitrogen and oxygen atoms in total. The van der Waals surface area contributed by atoms with Crippen LogP contribution in [0, 0.1) is 0 Å². The summed E-state index contributed by atoms with van der Waals surface area (Å²) in [5.74, 6) is -1.34. The monoisotopic (exact) mass is 314 g/mol. The van der Waals surface area contributed by atoms with Crippen molar-refractivity contribution in [3.05, 3.63) is 48.0 Å². The molecule has 1 N–H and O–H groups in total. The Morgan fingerprint density at radius 2 is 1.78 bits per heavy atom. The van der Waals surface area contributed by atoms with Crippen LogP contribution in [0.15, 0.2) is 42.5 Å². The van der Waals surface area contributed by atoms with E-state index in [9.17, 15) is 14.7 Å². The molecule has 0 heterocycles. The van der Waals surface area contributed by atoms with E-state index in [1.807, 2.05) is 42.5 Å². The number of aliphatic carboxylic acids is 1. The third kappa shape index (κ3) is 4.98. The summed E-state index contributed by atoms with van der Waals surface area (Å²) in [7, 11) is 0. The highest BCUT2D eigenvalue weighted by Crippen LogP contribution is 2.17. The van der Waals surface area contributed by atoms with Gasteiger partial charge in [-0.2, -0.15) is 0 Å². The number of benzene rings is 2. The van der Waals surface area contributed by atoms with Crippen molar-refractivity contribution in [1.29, 1.82) is 0 Å². The molecule has 122 valence electrons. The fourth-order valence-corrected chi connectivity index (χ4v) is 2.24. The number of carbonyl (C=O) groups excluding carboxylic acids is 2. The molecule has 0 aromatic heterocycles. The average Bonchev–Trinajstić information content (AvgIpc) is 2.44. The second-order valence-corrected chi connectivity index (χ2v) is 6.40. The molecule has 1 amide bonds. The number of hydrogen-bond donors (Lipinski definition) is 1. The van der Waals surface area contributed by atoms with Crippen LogP contribution in [-0.4, -0.2) is 23.7 Å². The van der Waals surface area contributed by atoms with E-state index >= 15 is 0 Å². The highest BCUT2D eigenvalue weighted by atomic mass is 16.6. The molecule has 0 bridgehead atoms. The molecule has 1 atom stereocenters. The van der Waals surface area contributed by atoms with E-state index < -0.39 is 23.7 Å². The Hall–Kier alpha value is -2.56. The first-order chi connectivity index (χ1) is 10.7. The Labute approximate surface area is 135 Å². The first kappa shape index (κ1) is 16.8. The third-order valence-corrected chi connectivity index (χ3v) is 3.23. The van der Waals surface area contributed by atoms with Crippen molar-refractivity contribution in [2.45, 2.75) is 38.8 Å². The SMILES string of the molecule is CC(C)(C)OC(=O)N[C@H](Cc1ccc2ccccc2c1)C(=O)[O-]. The number of ether oxygens (including phenoxy) is 1. The smallest absolute Gasteiger partial charge is 0.408 e. The molecule has 2 aromatic carbocycles. The van der Waals surface area contributed by atoms with Gasteiger partial charge in [0, 0.05) is 0 Å². The largest absolute Gasteiger partial charge is 0.548 e. The predicted octanol–water partition coefficient (Wildman–Crippen LogP) is 2.03. The van der Waals surface area contributed by atoms with E-state index in [1.165, 1.54) is 0 Å². The summed E-state index contributed by atoms with van der Waals surface area (Å²) in [6, 6.07) is 12.3. The summed E-state index contributed by atoms with van der Waals surface area (Å²) in [6.07, 6.45) is -0.639. The number of carboxylic acids is 1. The van der Waals surface area contributed by atoms with Gasteiger partial charge in [-0.3, -0.25) is 0 Å². The van der Waals surface area contributed by atoms with Gasteiger partial charge in [-0.25, -0.2) is 4.79 Å². The average molecular weight is 314 g/mol. The van der Waals surface area contributed by atoms with Gasteiger partial charge in [-0.1, -0.05) is 42.5 Å². The van der Waals surface area contributed by atoms with Crippen molar-refractivity contribution in [2.75, 3.05) is 0 Å². The molecule has 0 saturated heterocycles. The zero-order chi connectivity index (χ0) is 17.0. The van der Waals surface area contributed by atoms with Gasteiger partial charge in [0.2, 0.25) is 0 Å². The lowest BCUT2D eigenvalue weighted by Crippen LogP contribution is -2.50. The van der Waals surface area contributed by atoms with Crippen molar-refractivity contribution in [2.24, 2.45) is 0 Å². The molecule has 0 fully saturated rings. The van der Waals surface area contributed by atoms with Crippen LogP contribution in [0.25, 0.3) is 10.8 Å². The molecule has 2 aromatic rings. The molecule has 0 radical (unpaired) electrons. The number of fused-ring (bicyclic) bond motifs is 1. The molecular formula is C18H20NO4-. The molecule has 2 rings (SSSR count). The lowest BCUT2D eigenvalue weighted by Gasteiger charge is -2.24. The van der Waals surface area contributed by atoms with Crippen LogP contribution in [0.4, 0.5) is 4.79 Å². The molecule has 0 aliphatic heterocycles. The Balaban J connectivity index is 2.11. The molecule has 23 heavy (non-hydrogen) atoms. The van der Waals surface area contributed by atoms with E-state index in [-0.39, 0.29) is 6.42 Å². The van der Waals surface area contributed by atoms with Gasteiger partial charge < -0.3 is 20.0 Å². The van der Waals surface area contributed by atoms with Gasteiger partial charge in [-0.05, 0) is 43.5 Å². The van der Waals surface area contributed by atoms with Gasteiger partial charge in [0.15, 0.2) is 0 Å². The standard InChI is InChI=1S/C18H21NO4/c1-18(2,3)23-17(22)19-15(16(20)21)11-12-8-9-13-6-4-5-7-14(13)10-12/h4-10,15H,11H2,1-3H3,(H,19,22)(H,20,21)/p-1/t15-/m1/s1. The molecule has 0 saturated carbocycles. The Morgan fingerprint density at radius 1 is 1.13 bits per heavy atom. The van der Waals surface area contributed by atoms with Gasteiger partial charge >= 0.3 is 6.09 Å². The molecule has 0 aliphatic rings. The maximum absolute atomic E-state index is 11.8. The third-order valence-electron chi connectivity index (χ3n) is 3.23. The minimum atomic E-state index is -1.34. The predicted molar refractivity (Wildman–Crippen MR) is 85.8 cm³/mol. The van der Waals surface area contributed by atoms with Gasteiger partial charge in [0.05, 0.1) is 12.0 Å². The van der Waals surface area contributed by atoms with Crippen molar-refractivity contribution >= 4 is 22.8 Å². The molecule has 5 heteroatoms. The van der Waals surface area contributed by atoms with Gasteiger partial charge in [0.25, 0.3) is 0 Å². The number of rotatable bonds is 4. The fourth-order valence-electron chi connectivity index (χ4n) is 2.24. The van der Waals surface area contributed by atoms with Crippen LogP contribution in [-0.2, 0) is 16.0 Å².